The van der Waals surface area contributed by atoms with Crippen LogP contribution in [0.3, 0.4) is 0 Å². The Morgan fingerprint density at radius 3 is 2.14 bits per heavy atom. The molecule has 0 aromatic carbocycles. The molecule has 21 heavy (non-hydrogen) atoms. The normalized spacial score (nSPS) is 33.6. The molecule has 0 spiro atoms. The highest BCUT2D eigenvalue weighted by molar-refractivity contribution is 4.89. The lowest BCUT2D eigenvalue weighted by Gasteiger charge is -2.53. The fraction of sp³-hybridized carbons (Fsp3) is 1.00. The lowest BCUT2D eigenvalue weighted by molar-refractivity contribution is -0.483. The first kappa shape index (κ1) is 17.2. The zero-order valence-electron chi connectivity index (χ0n) is 13.9. The molecule has 124 valence electrons. The van der Waals surface area contributed by atoms with Crippen LogP contribution >= 0.6 is 0 Å². The van der Waals surface area contributed by atoms with Gasteiger partial charge in [-0.15, -0.1) is 0 Å². The molecule has 3 aliphatic heterocycles. The molecule has 0 saturated carbocycles. The fourth-order valence-electron chi connectivity index (χ4n) is 2.79. The molecule has 5 nitrogen and oxygen atoms in total. The second-order valence-electron chi connectivity index (χ2n) is 6.84. The molecule has 3 aliphatic rings. The smallest absolute Gasteiger partial charge is 0.285 e. The zero-order chi connectivity index (χ0) is 15.3. The van der Waals surface area contributed by atoms with E-state index in [1.54, 1.807) is 7.11 Å². The molecule has 5 heteroatoms. The van der Waals surface area contributed by atoms with Crippen LogP contribution < -0.4 is 0 Å². The molecule has 2 bridgehead atoms. The van der Waals surface area contributed by atoms with E-state index < -0.39 is 5.97 Å². The highest BCUT2D eigenvalue weighted by atomic mass is 16.9. The second kappa shape index (κ2) is 7.38. The Morgan fingerprint density at radius 1 is 1.00 bits per heavy atom. The standard InChI is InChI=1S/C16H30O5/c1-13(2)16-19-10-15(11-20-16,12-21-16)6-5-14(3)9-18-8-7-17-4/h13-14H,5-12H2,1-4H3. The lowest BCUT2D eigenvalue weighted by atomic mass is 9.81. The van der Waals surface area contributed by atoms with Crippen molar-refractivity contribution in [2.75, 3.05) is 46.8 Å². The first-order valence-corrected chi connectivity index (χ1v) is 8.00. The van der Waals surface area contributed by atoms with Crippen molar-refractivity contribution < 1.29 is 23.7 Å². The summed E-state index contributed by atoms with van der Waals surface area (Å²) in [4.78, 5) is 0. The van der Waals surface area contributed by atoms with Crippen molar-refractivity contribution in [3.63, 3.8) is 0 Å². The molecular formula is C16H30O5. The third-order valence-corrected chi connectivity index (χ3v) is 4.45. The van der Waals surface area contributed by atoms with Gasteiger partial charge in [0.05, 0.1) is 33.0 Å². The topological polar surface area (TPSA) is 46.2 Å². The summed E-state index contributed by atoms with van der Waals surface area (Å²) in [6.07, 6.45) is 2.15. The third-order valence-electron chi connectivity index (χ3n) is 4.45. The van der Waals surface area contributed by atoms with Crippen molar-refractivity contribution in [2.24, 2.45) is 17.3 Å². The lowest BCUT2D eigenvalue weighted by Crippen LogP contribution is -2.62. The number of hydrogen-bond acceptors (Lipinski definition) is 5. The first-order valence-electron chi connectivity index (χ1n) is 8.00. The summed E-state index contributed by atoms with van der Waals surface area (Å²) < 4.78 is 28.2. The molecule has 0 amide bonds. The van der Waals surface area contributed by atoms with E-state index in [0.29, 0.717) is 19.1 Å². The van der Waals surface area contributed by atoms with Crippen LogP contribution in [0.1, 0.15) is 33.6 Å². The van der Waals surface area contributed by atoms with E-state index >= 15 is 0 Å². The van der Waals surface area contributed by atoms with E-state index in [1.807, 2.05) is 0 Å². The molecular weight excluding hydrogens is 272 g/mol. The van der Waals surface area contributed by atoms with Gasteiger partial charge in [-0.2, -0.15) is 0 Å². The average Bonchev–Trinajstić information content (AvgIpc) is 2.51. The van der Waals surface area contributed by atoms with Gasteiger partial charge < -0.3 is 23.7 Å². The van der Waals surface area contributed by atoms with Crippen LogP contribution in [0, 0.1) is 17.3 Å². The van der Waals surface area contributed by atoms with Crippen LogP contribution in [0.15, 0.2) is 0 Å². The van der Waals surface area contributed by atoms with Crippen molar-refractivity contribution in [3.8, 4) is 0 Å². The van der Waals surface area contributed by atoms with Crippen LogP contribution in [0.4, 0.5) is 0 Å². The highest BCUT2D eigenvalue weighted by Gasteiger charge is 2.53. The molecule has 3 fully saturated rings. The molecule has 3 rings (SSSR count). The minimum atomic E-state index is -0.795. The maximum Gasteiger partial charge on any atom is 0.285 e. The number of hydrogen-bond donors (Lipinski definition) is 0. The molecule has 0 aliphatic carbocycles. The van der Waals surface area contributed by atoms with Crippen LogP contribution in [0.2, 0.25) is 0 Å². The average molecular weight is 302 g/mol. The van der Waals surface area contributed by atoms with E-state index in [2.05, 4.69) is 20.8 Å². The van der Waals surface area contributed by atoms with E-state index in [-0.39, 0.29) is 11.3 Å². The minimum absolute atomic E-state index is 0.0252. The Labute approximate surface area is 128 Å². The number of rotatable bonds is 9. The molecule has 1 atom stereocenters. The Hall–Kier alpha value is -0.200. The van der Waals surface area contributed by atoms with E-state index in [0.717, 1.165) is 39.3 Å². The van der Waals surface area contributed by atoms with Crippen molar-refractivity contribution in [3.05, 3.63) is 0 Å². The molecule has 3 saturated heterocycles. The Balaban J connectivity index is 1.70. The van der Waals surface area contributed by atoms with Gasteiger partial charge in [0, 0.05) is 25.0 Å². The van der Waals surface area contributed by atoms with Gasteiger partial charge in [0.15, 0.2) is 0 Å². The predicted octanol–water partition coefficient (Wildman–Crippen LogP) is 2.44. The summed E-state index contributed by atoms with van der Waals surface area (Å²) in [7, 11) is 1.69. The summed E-state index contributed by atoms with van der Waals surface area (Å²) in [6, 6.07) is 0. The monoisotopic (exact) mass is 302 g/mol. The minimum Gasteiger partial charge on any atom is -0.382 e. The van der Waals surface area contributed by atoms with Gasteiger partial charge in [0.1, 0.15) is 0 Å². The van der Waals surface area contributed by atoms with E-state index in [9.17, 15) is 0 Å². The highest BCUT2D eigenvalue weighted by Crippen LogP contribution is 2.44. The van der Waals surface area contributed by atoms with Crippen LogP contribution in [0.25, 0.3) is 0 Å². The van der Waals surface area contributed by atoms with Gasteiger partial charge >= 0.3 is 0 Å². The maximum atomic E-state index is 5.88. The second-order valence-corrected chi connectivity index (χ2v) is 6.84. The van der Waals surface area contributed by atoms with Gasteiger partial charge in [-0.1, -0.05) is 20.8 Å². The van der Waals surface area contributed by atoms with Gasteiger partial charge in [0.25, 0.3) is 5.97 Å². The summed E-state index contributed by atoms with van der Waals surface area (Å²) in [5.41, 5.74) is 0.0252. The number of methoxy groups -OCH3 is 1. The molecule has 1 unspecified atom stereocenters. The Bertz CT molecular complexity index is 293. The zero-order valence-corrected chi connectivity index (χ0v) is 13.9. The summed E-state index contributed by atoms with van der Waals surface area (Å²) in [5.74, 6) is -0.0600. The largest absolute Gasteiger partial charge is 0.382 e. The van der Waals surface area contributed by atoms with Gasteiger partial charge in [-0.3, -0.25) is 0 Å². The van der Waals surface area contributed by atoms with Gasteiger partial charge in [0.2, 0.25) is 0 Å². The summed E-state index contributed by atoms with van der Waals surface area (Å²) >= 11 is 0. The van der Waals surface area contributed by atoms with Crippen LogP contribution in [-0.4, -0.2) is 52.7 Å². The molecule has 0 aromatic heterocycles. The van der Waals surface area contributed by atoms with Crippen LogP contribution in [-0.2, 0) is 23.7 Å². The van der Waals surface area contributed by atoms with Crippen molar-refractivity contribution in [1.29, 1.82) is 0 Å². The van der Waals surface area contributed by atoms with E-state index in [1.165, 1.54) is 0 Å². The van der Waals surface area contributed by atoms with Crippen molar-refractivity contribution in [2.45, 2.75) is 39.6 Å². The molecule has 0 N–H and O–H groups in total. The number of ether oxygens (including phenoxy) is 5. The maximum absolute atomic E-state index is 5.88. The predicted molar refractivity (Wildman–Crippen MR) is 79.0 cm³/mol. The van der Waals surface area contributed by atoms with Crippen molar-refractivity contribution >= 4 is 0 Å². The molecule has 0 radical (unpaired) electrons. The van der Waals surface area contributed by atoms with Crippen LogP contribution in [0.5, 0.6) is 0 Å². The Kier molecular flexibility index (Phi) is 6.03. The van der Waals surface area contributed by atoms with Crippen molar-refractivity contribution in [1.82, 2.24) is 0 Å². The van der Waals surface area contributed by atoms with Gasteiger partial charge in [-0.25, -0.2) is 0 Å². The first-order chi connectivity index (χ1) is 10.0. The quantitative estimate of drug-likeness (QED) is 0.612. The summed E-state index contributed by atoms with van der Waals surface area (Å²) in [5, 5.41) is 0. The summed E-state index contributed by atoms with van der Waals surface area (Å²) in [6.45, 7) is 10.7. The molecule has 0 aromatic rings. The fourth-order valence-corrected chi connectivity index (χ4v) is 2.79. The third kappa shape index (κ3) is 4.17. The molecule has 3 heterocycles. The number of fused-ring (bicyclic) bond motifs is 3. The SMILES string of the molecule is COCCOCC(C)CCC12COC(C(C)C)(OC1)OC2. The van der Waals surface area contributed by atoms with Gasteiger partial charge in [-0.05, 0) is 18.8 Å². The van der Waals surface area contributed by atoms with E-state index in [4.69, 9.17) is 23.7 Å². The Morgan fingerprint density at radius 2 is 1.62 bits per heavy atom.